The lowest BCUT2D eigenvalue weighted by molar-refractivity contribution is 0.0959. The fourth-order valence-corrected chi connectivity index (χ4v) is 4.84. The molecule has 6 heteroatoms. The zero-order valence-corrected chi connectivity index (χ0v) is 16.8. The summed E-state index contributed by atoms with van der Waals surface area (Å²) >= 11 is 3.29. The summed E-state index contributed by atoms with van der Waals surface area (Å²) in [5.41, 5.74) is 5.01. The van der Waals surface area contributed by atoms with Crippen LogP contribution in [-0.2, 0) is 6.42 Å². The van der Waals surface area contributed by atoms with E-state index in [-0.39, 0.29) is 5.91 Å². The first-order valence-electron chi connectivity index (χ1n) is 8.72. The Kier molecular flexibility index (Phi) is 5.09. The first-order chi connectivity index (χ1) is 13.2. The number of aryl methyl sites for hydroxylation is 1. The molecule has 3 aromatic rings. The van der Waals surface area contributed by atoms with Crippen molar-refractivity contribution >= 4 is 39.1 Å². The standard InChI is InChI=1S/C21H19N3OS2/c1-13-5-7-15(8-6-13)18-11-16-17(10-14-4-3-9-26-12-14)23-24-19(20(16)27-18)21(25)22-2/h3,5-9,11-12H,4,10H2,1-2H3,(H,22,25). The predicted octanol–water partition coefficient (Wildman–Crippen LogP) is 5.10. The van der Waals surface area contributed by atoms with Crippen LogP contribution in [-0.4, -0.2) is 23.2 Å². The van der Waals surface area contributed by atoms with Gasteiger partial charge in [-0.15, -0.1) is 28.2 Å². The van der Waals surface area contributed by atoms with Crippen LogP contribution in [0, 0.1) is 6.92 Å². The zero-order valence-electron chi connectivity index (χ0n) is 15.2. The van der Waals surface area contributed by atoms with E-state index >= 15 is 0 Å². The van der Waals surface area contributed by atoms with Crippen molar-refractivity contribution in [2.24, 2.45) is 0 Å². The highest BCUT2D eigenvalue weighted by molar-refractivity contribution is 8.04. The first kappa shape index (κ1) is 17.9. The monoisotopic (exact) mass is 393 g/mol. The second-order valence-electron chi connectivity index (χ2n) is 6.46. The predicted molar refractivity (Wildman–Crippen MR) is 114 cm³/mol. The molecule has 1 amide bonds. The number of rotatable bonds is 4. The molecule has 0 aliphatic carbocycles. The van der Waals surface area contributed by atoms with Gasteiger partial charge in [0.15, 0.2) is 5.69 Å². The van der Waals surface area contributed by atoms with E-state index in [1.54, 1.807) is 30.1 Å². The molecule has 3 heterocycles. The van der Waals surface area contributed by atoms with E-state index in [0.29, 0.717) is 5.69 Å². The van der Waals surface area contributed by atoms with E-state index in [1.807, 2.05) is 0 Å². The quantitative estimate of drug-likeness (QED) is 0.670. The topological polar surface area (TPSA) is 54.9 Å². The van der Waals surface area contributed by atoms with Crippen LogP contribution < -0.4 is 5.32 Å². The van der Waals surface area contributed by atoms with Crippen molar-refractivity contribution in [1.82, 2.24) is 15.5 Å². The number of thiophene rings is 1. The molecule has 1 aromatic carbocycles. The van der Waals surface area contributed by atoms with Crippen molar-refractivity contribution < 1.29 is 4.79 Å². The van der Waals surface area contributed by atoms with Gasteiger partial charge in [0, 0.05) is 23.7 Å². The largest absolute Gasteiger partial charge is 0.354 e. The van der Waals surface area contributed by atoms with Crippen LogP contribution in [0.5, 0.6) is 0 Å². The zero-order chi connectivity index (χ0) is 18.8. The van der Waals surface area contributed by atoms with Gasteiger partial charge in [0.25, 0.3) is 5.91 Å². The second kappa shape index (κ2) is 7.66. The molecule has 1 N–H and O–H groups in total. The van der Waals surface area contributed by atoms with Gasteiger partial charge >= 0.3 is 0 Å². The van der Waals surface area contributed by atoms with E-state index in [2.05, 4.69) is 69.7 Å². The van der Waals surface area contributed by atoms with Crippen molar-refractivity contribution in [1.29, 1.82) is 0 Å². The maximum atomic E-state index is 12.3. The number of aromatic nitrogens is 2. The van der Waals surface area contributed by atoms with Crippen molar-refractivity contribution in [3.8, 4) is 10.4 Å². The smallest absolute Gasteiger partial charge is 0.273 e. The Labute approximate surface area is 166 Å². The molecule has 0 saturated heterocycles. The highest BCUT2D eigenvalue weighted by Gasteiger charge is 2.19. The van der Waals surface area contributed by atoms with Gasteiger partial charge in [0.1, 0.15) is 0 Å². The van der Waals surface area contributed by atoms with Crippen LogP contribution in [0.3, 0.4) is 0 Å². The summed E-state index contributed by atoms with van der Waals surface area (Å²) in [5.74, 6) is -0.202. The molecule has 0 fully saturated rings. The minimum Gasteiger partial charge on any atom is -0.354 e. The average molecular weight is 394 g/mol. The maximum Gasteiger partial charge on any atom is 0.273 e. The number of hydrogen-bond acceptors (Lipinski definition) is 5. The summed E-state index contributed by atoms with van der Waals surface area (Å²) < 4.78 is 0.898. The number of hydrogen-bond donors (Lipinski definition) is 1. The number of fused-ring (bicyclic) bond motifs is 1. The summed E-state index contributed by atoms with van der Waals surface area (Å²) in [6.45, 7) is 2.08. The SMILES string of the molecule is CNC(=O)c1nnc(CC2=CSC=CC2)c2cc(-c3ccc(C)cc3)sc12. The highest BCUT2D eigenvalue weighted by atomic mass is 32.2. The number of thioether (sulfide) groups is 1. The summed E-state index contributed by atoms with van der Waals surface area (Å²) in [7, 11) is 1.62. The minimum absolute atomic E-state index is 0.202. The van der Waals surface area contributed by atoms with E-state index in [9.17, 15) is 4.79 Å². The third-order valence-corrected chi connectivity index (χ3v) is 6.50. The third-order valence-electron chi connectivity index (χ3n) is 4.49. The summed E-state index contributed by atoms with van der Waals surface area (Å²) in [6.07, 6.45) is 3.84. The molecule has 2 aromatic heterocycles. The van der Waals surface area contributed by atoms with E-state index in [0.717, 1.165) is 39.1 Å². The number of allylic oxidation sites excluding steroid dienone is 2. The van der Waals surface area contributed by atoms with Crippen LogP contribution in [0.4, 0.5) is 0 Å². The molecule has 0 unspecified atom stereocenters. The summed E-state index contributed by atoms with van der Waals surface area (Å²) in [5, 5.41) is 16.6. The molecular weight excluding hydrogens is 374 g/mol. The lowest BCUT2D eigenvalue weighted by Crippen LogP contribution is -2.20. The van der Waals surface area contributed by atoms with Gasteiger partial charge in [-0.3, -0.25) is 4.79 Å². The molecule has 4 rings (SSSR count). The average Bonchev–Trinajstić information content (AvgIpc) is 3.15. The molecule has 0 bridgehead atoms. The minimum atomic E-state index is -0.202. The van der Waals surface area contributed by atoms with Gasteiger partial charge in [-0.2, -0.15) is 5.10 Å². The van der Waals surface area contributed by atoms with Crippen LogP contribution in [0.1, 0.15) is 28.2 Å². The van der Waals surface area contributed by atoms with Crippen LogP contribution in [0.25, 0.3) is 20.5 Å². The number of nitrogens with zero attached hydrogens (tertiary/aromatic N) is 2. The fourth-order valence-electron chi connectivity index (χ4n) is 3.02. The molecule has 0 radical (unpaired) electrons. The van der Waals surface area contributed by atoms with E-state index in [1.165, 1.54) is 11.1 Å². The van der Waals surface area contributed by atoms with E-state index in [4.69, 9.17) is 0 Å². The molecule has 1 aliphatic rings. The lowest BCUT2D eigenvalue weighted by Gasteiger charge is -2.09. The van der Waals surface area contributed by atoms with Gasteiger partial charge in [0.2, 0.25) is 0 Å². The number of carbonyl (C=O) groups is 1. The Morgan fingerprint density at radius 1 is 1.22 bits per heavy atom. The summed E-state index contributed by atoms with van der Waals surface area (Å²) in [4.78, 5) is 13.4. The Hall–Kier alpha value is -2.44. The number of benzene rings is 1. The highest BCUT2D eigenvalue weighted by Crippen LogP contribution is 2.37. The molecule has 4 nitrogen and oxygen atoms in total. The van der Waals surface area contributed by atoms with Crippen molar-refractivity contribution in [3.05, 3.63) is 69.7 Å². The van der Waals surface area contributed by atoms with E-state index < -0.39 is 0 Å². The van der Waals surface area contributed by atoms with Gasteiger partial charge in [-0.1, -0.05) is 41.5 Å². The lowest BCUT2D eigenvalue weighted by atomic mass is 10.0. The van der Waals surface area contributed by atoms with Gasteiger partial charge in [-0.05, 0) is 35.8 Å². The van der Waals surface area contributed by atoms with Crippen LogP contribution in [0.2, 0.25) is 0 Å². The Balaban J connectivity index is 1.83. The molecule has 1 aliphatic heterocycles. The Morgan fingerprint density at radius 3 is 2.74 bits per heavy atom. The second-order valence-corrected chi connectivity index (χ2v) is 8.29. The number of amides is 1. The number of nitrogens with one attached hydrogen (secondary N) is 1. The van der Waals surface area contributed by atoms with Gasteiger partial charge in [0.05, 0.1) is 10.4 Å². The van der Waals surface area contributed by atoms with Gasteiger partial charge < -0.3 is 5.32 Å². The third kappa shape index (κ3) is 3.68. The Morgan fingerprint density at radius 2 is 2.04 bits per heavy atom. The van der Waals surface area contributed by atoms with Crippen molar-refractivity contribution in [3.63, 3.8) is 0 Å². The normalized spacial score (nSPS) is 13.6. The molecule has 27 heavy (non-hydrogen) atoms. The molecule has 0 atom stereocenters. The molecule has 0 saturated carbocycles. The van der Waals surface area contributed by atoms with Crippen molar-refractivity contribution in [2.75, 3.05) is 7.05 Å². The first-order valence-corrected chi connectivity index (χ1v) is 10.5. The van der Waals surface area contributed by atoms with Crippen molar-refractivity contribution in [2.45, 2.75) is 19.8 Å². The molecular formula is C21H19N3OS2. The maximum absolute atomic E-state index is 12.3. The molecule has 136 valence electrons. The van der Waals surface area contributed by atoms with Crippen LogP contribution >= 0.6 is 23.1 Å². The molecule has 0 spiro atoms. The fraction of sp³-hybridized carbons (Fsp3) is 0.190. The van der Waals surface area contributed by atoms with Crippen LogP contribution in [0.15, 0.2) is 52.8 Å². The Bertz CT molecular complexity index is 1060. The van der Waals surface area contributed by atoms with Gasteiger partial charge in [-0.25, -0.2) is 0 Å². The number of carbonyl (C=O) groups excluding carboxylic acids is 1. The summed E-state index contributed by atoms with van der Waals surface area (Å²) in [6, 6.07) is 10.6.